The van der Waals surface area contributed by atoms with Crippen molar-refractivity contribution in [2.24, 2.45) is 0 Å². The minimum atomic E-state index is -0.116. The van der Waals surface area contributed by atoms with Crippen LogP contribution >= 0.6 is 23.4 Å². The Morgan fingerprint density at radius 3 is 2.83 bits per heavy atom. The Morgan fingerprint density at radius 2 is 2.21 bits per heavy atom. The summed E-state index contributed by atoms with van der Waals surface area (Å²) in [6.45, 7) is 9.00. The first kappa shape index (κ1) is 18.7. The lowest BCUT2D eigenvalue weighted by Gasteiger charge is -2.16. The SMILES string of the molecule is C=C(C)C1=CN(CCCC)C(=CC(=O)c2cc(Cl)ccc2OC)S1. The van der Waals surface area contributed by atoms with Crippen LogP contribution in [0.5, 0.6) is 5.75 Å². The first-order valence-corrected chi connectivity index (χ1v) is 9.07. The van der Waals surface area contributed by atoms with Crippen LogP contribution in [-0.4, -0.2) is 24.3 Å². The van der Waals surface area contributed by atoms with E-state index in [0.717, 1.165) is 34.9 Å². The van der Waals surface area contributed by atoms with Gasteiger partial charge in [0.1, 0.15) is 5.75 Å². The topological polar surface area (TPSA) is 29.5 Å². The number of ether oxygens (including phenoxy) is 1. The lowest BCUT2D eigenvalue weighted by Crippen LogP contribution is -2.14. The number of carbonyl (C=O) groups is 1. The Hall–Kier alpha value is -1.65. The fourth-order valence-corrected chi connectivity index (χ4v) is 3.46. The number of benzene rings is 1. The smallest absolute Gasteiger partial charge is 0.192 e. The van der Waals surface area contributed by atoms with Gasteiger partial charge in [-0.15, -0.1) is 0 Å². The summed E-state index contributed by atoms with van der Waals surface area (Å²) in [6, 6.07) is 5.06. The molecule has 0 spiro atoms. The number of hydrogen-bond acceptors (Lipinski definition) is 4. The maximum Gasteiger partial charge on any atom is 0.192 e. The molecule has 0 fully saturated rings. The van der Waals surface area contributed by atoms with Gasteiger partial charge in [-0.3, -0.25) is 4.79 Å². The largest absolute Gasteiger partial charge is 0.496 e. The molecule has 24 heavy (non-hydrogen) atoms. The molecule has 1 aliphatic heterocycles. The summed E-state index contributed by atoms with van der Waals surface area (Å²) in [7, 11) is 1.55. The molecule has 1 aromatic rings. The second-order valence-corrected chi connectivity index (χ2v) is 7.11. The number of halogens is 1. The summed E-state index contributed by atoms with van der Waals surface area (Å²) in [5.41, 5.74) is 1.47. The summed E-state index contributed by atoms with van der Waals surface area (Å²) in [5.74, 6) is 0.409. The van der Waals surface area contributed by atoms with E-state index in [0.29, 0.717) is 16.3 Å². The number of thioether (sulfide) groups is 1. The third-order valence-electron chi connectivity index (χ3n) is 3.63. The van der Waals surface area contributed by atoms with E-state index in [-0.39, 0.29) is 5.78 Å². The summed E-state index contributed by atoms with van der Waals surface area (Å²) in [6.07, 6.45) is 5.88. The summed E-state index contributed by atoms with van der Waals surface area (Å²) in [5, 5.41) is 1.42. The molecule has 0 saturated carbocycles. The van der Waals surface area contributed by atoms with Gasteiger partial charge in [0, 0.05) is 28.7 Å². The standard InChI is InChI=1S/C19H22ClNO2S/c1-5-6-9-21-12-18(13(2)3)24-19(21)11-16(22)15-10-14(20)7-8-17(15)23-4/h7-8,10-12H,2,5-6,9H2,1,3-4H3. The Bertz CT molecular complexity index is 709. The summed E-state index contributed by atoms with van der Waals surface area (Å²) in [4.78, 5) is 15.9. The molecule has 0 radical (unpaired) electrons. The van der Waals surface area contributed by atoms with Crippen LogP contribution in [0.25, 0.3) is 0 Å². The first-order valence-electron chi connectivity index (χ1n) is 7.88. The molecule has 0 saturated heterocycles. The molecule has 128 valence electrons. The molecule has 0 N–H and O–H groups in total. The zero-order valence-corrected chi connectivity index (χ0v) is 15.8. The van der Waals surface area contributed by atoms with Crippen LogP contribution in [0.15, 0.2) is 52.6 Å². The molecule has 2 rings (SSSR count). The van der Waals surface area contributed by atoms with Crippen LogP contribution < -0.4 is 4.74 Å². The molecular formula is C19H22ClNO2S. The molecule has 3 nitrogen and oxygen atoms in total. The van der Waals surface area contributed by atoms with Gasteiger partial charge in [0.25, 0.3) is 0 Å². The van der Waals surface area contributed by atoms with Gasteiger partial charge in [0.2, 0.25) is 0 Å². The molecule has 0 aromatic heterocycles. The number of nitrogens with zero attached hydrogens (tertiary/aromatic N) is 1. The number of rotatable bonds is 7. The molecule has 0 bridgehead atoms. The van der Waals surface area contributed by atoms with E-state index in [1.165, 1.54) is 0 Å². The second-order valence-electron chi connectivity index (χ2n) is 5.61. The zero-order valence-electron chi connectivity index (χ0n) is 14.3. The third kappa shape index (κ3) is 4.46. The number of unbranched alkanes of at least 4 members (excludes halogenated alkanes) is 1. The fourth-order valence-electron chi connectivity index (χ4n) is 2.28. The van der Waals surface area contributed by atoms with E-state index >= 15 is 0 Å². The van der Waals surface area contributed by atoms with Gasteiger partial charge in [-0.2, -0.15) is 0 Å². The van der Waals surface area contributed by atoms with Crippen molar-refractivity contribution in [1.82, 2.24) is 4.90 Å². The van der Waals surface area contributed by atoms with Crippen molar-refractivity contribution in [3.63, 3.8) is 0 Å². The Balaban J connectivity index is 2.30. The maximum absolute atomic E-state index is 12.7. The van der Waals surface area contributed by atoms with Crippen LogP contribution in [0.4, 0.5) is 0 Å². The number of ketones is 1. The molecule has 0 aliphatic carbocycles. The van der Waals surface area contributed by atoms with Gasteiger partial charge in [0.15, 0.2) is 5.78 Å². The second kappa shape index (κ2) is 8.45. The van der Waals surface area contributed by atoms with Crippen molar-refractivity contribution >= 4 is 29.1 Å². The minimum absolute atomic E-state index is 0.116. The van der Waals surface area contributed by atoms with Crippen molar-refractivity contribution in [2.45, 2.75) is 26.7 Å². The molecule has 0 amide bonds. The Morgan fingerprint density at radius 1 is 1.46 bits per heavy atom. The molecule has 1 heterocycles. The van der Waals surface area contributed by atoms with E-state index in [9.17, 15) is 4.79 Å². The maximum atomic E-state index is 12.7. The van der Waals surface area contributed by atoms with Crippen LogP contribution in [0, 0.1) is 0 Å². The zero-order chi connectivity index (χ0) is 17.7. The third-order valence-corrected chi connectivity index (χ3v) is 5.10. The highest BCUT2D eigenvalue weighted by atomic mass is 35.5. The Kier molecular flexibility index (Phi) is 6.58. The van der Waals surface area contributed by atoms with Crippen molar-refractivity contribution in [1.29, 1.82) is 0 Å². The van der Waals surface area contributed by atoms with Crippen molar-refractivity contribution in [2.75, 3.05) is 13.7 Å². The quantitative estimate of drug-likeness (QED) is 0.463. The molecule has 0 unspecified atom stereocenters. The highest BCUT2D eigenvalue weighted by Crippen LogP contribution is 2.40. The fraction of sp³-hybridized carbons (Fsp3) is 0.316. The summed E-state index contributed by atoms with van der Waals surface area (Å²) < 4.78 is 5.28. The van der Waals surface area contributed by atoms with Crippen molar-refractivity contribution in [3.8, 4) is 5.75 Å². The molecule has 1 aliphatic rings. The van der Waals surface area contributed by atoms with E-state index in [1.807, 2.05) is 6.92 Å². The highest BCUT2D eigenvalue weighted by Gasteiger charge is 2.21. The van der Waals surface area contributed by atoms with Gasteiger partial charge in [0.05, 0.1) is 17.7 Å². The lowest BCUT2D eigenvalue weighted by molar-refractivity contribution is 0.104. The van der Waals surface area contributed by atoms with E-state index in [4.69, 9.17) is 16.3 Å². The number of allylic oxidation sites excluding steroid dienone is 2. The van der Waals surface area contributed by atoms with Crippen LogP contribution in [0.3, 0.4) is 0 Å². The monoisotopic (exact) mass is 363 g/mol. The molecule has 1 aromatic carbocycles. The predicted octanol–water partition coefficient (Wildman–Crippen LogP) is 5.64. The Labute approximate surface area is 153 Å². The molecule has 0 atom stereocenters. The van der Waals surface area contributed by atoms with E-state index in [1.54, 1.807) is 43.1 Å². The van der Waals surface area contributed by atoms with Crippen molar-refractivity contribution < 1.29 is 9.53 Å². The van der Waals surface area contributed by atoms with Crippen LogP contribution in [0.1, 0.15) is 37.0 Å². The van der Waals surface area contributed by atoms with Gasteiger partial charge in [-0.25, -0.2) is 0 Å². The average Bonchev–Trinajstić information content (AvgIpc) is 2.96. The van der Waals surface area contributed by atoms with E-state index < -0.39 is 0 Å². The van der Waals surface area contributed by atoms with Crippen LogP contribution in [-0.2, 0) is 0 Å². The molecule has 5 heteroatoms. The van der Waals surface area contributed by atoms with Crippen molar-refractivity contribution in [3.05, 3.63) is 63.1 Å². The average molecular weight is 364 g/mol. The van der Waals surface area contributed by atoms with Gasteiger partial charge in [-0.1, -0.05) is 43.3 Å². The number of methoxy groups -OCH3 is 1. The predicted molar refractivity (Wildman–Crippen MR) is 103 cm³/mol. The van der Waals surface area contributed by atoms with Gasteiger partial charge < -0.3 is 9.64 Å². The number of hydrogen-bond donors (Lipinski definition) is 0. The first-order chi connectivity index (χ1) is 11.5. The van der Waals surface area contributed by atoms with E-state index in [2.05, 4.69) is 24.6 Å². The normalized spacial score (nSPS) is 15.6. The summed E-state index contributed by atoms with van der Waals surface area (Å²) >= 11 is 7.60. The van der Waals surface area contributed by atoms with Gasteiger partial charge >= 0.3 is 0 Å². The highest BCUT2D eigenvalue weighted by molar-refractivity contribution is 8.07. The van der Waals surface area contributed by atoms with Gasteiger partial charge in [-0.05, 0) is 37.1 Å². The number of carbonyl (C=O) groups excluding carboxylic acids is 1. The molecular weight excluding hydrogens is 342 g/mol. The minimum Gasteiger partial charge on any atom is -0.496 e. The lowest BCUT2D eigenvalue weighted by atomic mass is 10.1. The van der Waals surface area contributed by atoms with Crippen LogP contribution in [0.2, 0.25) is 5.02 Å².